The number of fused-ring (bicyclic) bond motifs is 8. The van der Waals surface area contributed by atoms with Crippen molar-refractivity contribution < 1.29 is 0 Å². The van der Waals surface area contributed by atoms with Crippen molar-refractivity contribution in [3.63, 3.8) is 0 Å². The number of nitrogens with zero attached hydrogens (tertiary/aromatic N) is 3. The monoisotopic (exact) mass is 590 g/mol. The van der Waals surface area contributed by atoms with Crippen molar-refractivity contribution in [2.45, 2.75) is 13.5 Å². The highest BCUT2D eigenvalue weighted by Crippen LogP contribution is 2.29. The lowest BCUT2D eigenvalue weighted by atomic mass is 10.3. The molecule has 0 fully saturated rings. The maximum Gasteiger partial charge on any atom is 0.0658 e. The van der Waals surface area contributed by atoms with Crippen LogP contribution in [0.5, 0.6) is 0 Å². The highest BCUT2D eigenvalue weighted by Gasteiger charge is 2.12. The van der Waals surface area contributed by atoms with Crippen LogP contribution in [-0.4, -0.2) is 19.5 Å². The minimum atomic E-state index is 0.889. The molecule has 0 unspecified atom stereocenters. The van der Waals surface area contributed by atoms with Crippen LogP contribution < -0.4 is 0 Å². The first-order valence-electron chi connectivity index (χ1n) is 9.03. The van der Waals surface area contributed by atoms with E-state index in [2.05, 4.69) is 122 Å². The van der Waals surface area contributed by atoms with E-state index in [1.165, 1.54) is 18.2 Å². The number of aromatic amines is 1. The third kappa shape index (κ3) is 3.22. The van der Waals surface area contributed by atoms with Crippen molar-refractivity contribution in [2.24, 2.45) is 0 Å². The van der Waals surface area contributed by atoms with Crippen molar-refractivity contribution in [2.75, 3.05) is 0 Å². The van der Waals surface area contributed by atoms with Gasteiger partial charge in [0.05, 0.1) is 40.9 Å². The van der Waals surface area contributed by atoms with Gasteiger partial charge in [0, 0.05) is 17.6 Å². The Morgan fingerprint density at radius 2 is 1.18 bits per heavy atom. The Bertz CT molecular complexity index is 1230. The van der Waals surface area contributed by atoms with E-state index in [0.717, 1.165) is 40.4 Å². The molecule has 0 amide bonds. The summed E-state index contributed by atoms with van der Waals surface area (Å²) in [7, 11) is 0. The Kier molecular flexibility index (Phi) is 4.62. The first-order valence-corrected chi connectivity index (χ1v) is 11.2. The summed E-state index contributed by atoms with van der Waals surface area (Å²) in [5.41, 5.74) is 8.29. The zero-order chi connectivity index (χ0) is 19.3. The molecule has 1 N–H and O–H groups in total. The first kappa shape index (κ1) is 18.1. The van der Waals surface area contributed by atoms with E-state index >= 15 is 0 Å². The summed E-state index contributed by atoms with van der Waals surface area (Å²) in [5, 5.41) is 0. The molecule has 6 heteroatoms. The van der Waals surface area contributed by atoms with Gasteiger partial charge in [0.1, 0.15) is 0 Å². The van der Waals surface area contributed by atoms with E-state index in [1.807, 2.05) is 0 Å². The van der Waals surface area contributed by atoms with Crippen molar-refractivity contribution in [1.29, 1.82) is 0 Å². The van der Waals surface area contributed by atoms with E-state index in [1.54, 1.807) is 0 Å². The molecule has 0 saturated carbocycles. The molecule has 138 valence electrons. The van der Waals surface area contributed by atoms with Gasteiger partial charge in [0.25, 0.3) is 0 Å². The van der Waals surface area contributed by atoms with Gasteiger partial charge in [-0.05, 0) is 113 Å². The van der Waals surface area contributed by atoms with Gasteiger partial charge in [-0.15, -0.1) is 0 Å². The van der Waals surface area contributed by atoms with Crippen LogP contribution in [0.3, 0.4) is 0 Å². The lowest BCUT2D eigenvalue weighted by molar-refractivity contribution is 0.823. The standard InChI is InChI=1S/C22H16I2N4/c1-2-28-19-11-17-7-5-15(26-17)9-13-3-4-14(25-13)10-16-6-8-18(27-16)12-20(28)22(24)21(19)23/h3-12,25H,2H2,1H3. The summed E-state index contributed by atoms with van der Waals surface area (Å²) < 4.78 is 4.83. The number of rotatable bonds is 1. The molecular formula is C22H16I2N4. The Morgan fingerprint density at radius 1 is 0.750 bits per heavy atom. The minimum Gasteiger partial charge on any atom is -0.355 e. The second-order valence-electron chi connectivity index (χ2n) is 6.68. The second kappa shape index (κ2) is 7.14. The van der Waals surface area contributed by atoms with Gasteiger partial charge in [0.15, 0.2) is 0 Å². The van der Waals surface area contributed by atoms with Crippen LogP contribution in [0.2, 0.25) is 0 Å². The molecule has 4 nitrogen and oxygen atoms in total. The topological polar surface area (TPSA) is 46.5 Å². The molecule has 3 aromatic rings. The molecule has 5 rings (SSSR count). The molecule has 5 heterocycles. The predicted molar refractivity (Wildman–Crippen MR) is 134 cm³/mol. The summed E-state index contributed by atoms with van der Waals surface area (Å²) >= 11 is 4.87. The number of aromatic nitrogens is 4. The van der Waals surface area contributed by atoms with E-state index in [4.69, 9.17) is 9.97 Å². The number of nitrogens with one attached hydrogen (secondary N) is 1. The fourth-order valence-corrected chi connectivity index (χ4v) is 4.97. The summed E-state index contributed by atoms with van der Waals surface area (Å²) in [5.74, 6) is 0. The SMILES string of the molecule is CCn1c2cc3nc(cc4ccc(cc5nc(cc1c(I)c2I)C=C5)[nH]4)C=C3. The van der Waals surface area contributed by atoms with E-state index in [0.29, 0.717) is 0 Å². The zero-order valence-electron chi connectivity index (χ0n) is 15.1. The van der Waals surface area contributed by atoms with Crippen LogP contribution in [0.4, 0.5) is 0 Å². The lowest BCUT2D eigenvalue weighted by Gasteiger charge is -2.01. The van der Waals surface area contributed by atoms with Crippen LogP contribution >= 0.6 is 45.2 Å². The summed E-state index contributed by atoms with van der Waals surface area (Å²) in [6.07, 6.45) is 8.26. The average molecular weight is 590 g/mol. The third-order valence-corrected chi connectivity index (χ3v) is 8.03. The average Bonchev–Trinajstić information content (AvgIpc) is 3.44. The number of H-pyrrole nitrogens is 1. The molecular weight excluding hydrogens is 574 g/mol. The van der Waals surface area contributed by atoms with Gasteiger partial charge in [-0.2, -0.15) is 0 Å². The van der Waals surface area contributed by atoms with Crippen molar-refractivity contribution in [3.8, 4) is 0 Å². The summed E-state index contributed by atoms with van der Waals surface area (Å²) in [4.78, 5) is 13.0. The predicted octanol–water partition coefficient (Wildman–Crippen LogP) is 6.36. The van der Waals surface area contributed by atoms with Gasteiger partial charge < -0.3 is 9.55 Å². The molecule has 0 radical (unpaired) electrons. The molecule has 0 aliphatic carbocycles. The maximum absolute atomic E-state index is 4.78. The quantitative estimate of drug-likeness (QED) is 0.231. The minimum absolute atomic E-state index is 0.889. The second-order valence-corrected chi connectivity index (χ2v) is 8.84. The van der Waals surface area contributed by atoms with E-state index in [9.17, 15) is 0 Å². The maximum atomic E-state index is 4.78. The van der Waals surface area contributed by atoms with Crippen molar-refractivity contribution in [3.05, 3.63) is 66.3 Å². The van der Waals surface area contributed by atoms with Crippen molar-refractivity contribution >= 4 is 91.6 Å². The Morgan fingerprint density at radius 3 is 1.61 bits per heavy atom. The fraction of sp³-hybridized carbons (Fsp3) is 0.0909. The van der Waals surface area contributed by atoms with Crippen LogP contribution in [0.15, 0.2) is 36.4 Å². The normalized spacial score (nSPS) is 12.7. The molecule has 0 spiro atoms. The van der Waals surface area contributed by atoms with Gasteiger partial charge in [-0.25, -0.2) is 9.97 Å². The summed E-state index contributed by atoms with van der Waals surface area (Å²) in [6, 6.07) is 12.6. The molecule has 0 aromatic carbocycles. The van der Waals surface area contributed by atoms with Crippen molar-refractivity contribution in [1.82, 2.24) is 19.5 Å². The third-order valence-electron chi connectivity index (χ3n) is 4.81. The van der Waals surface area contributed by atoms with Crippen LogP contribution in [-0.2, 0) is 6.54 Å². The zero-order valence-corrected chi connectivity index (χ0v) is 19.4. The lowest BCUT2D eigenvalue weighted by Crippen LogP contribution is -1.93. The highest BCUT2D eigenvalue weighted by molar-refractivity contribution is 14.1. The Hall–Kier alpha value is -1.94. The Balaban J connectivity index is 1.94. The van der Waals surface area contributed by atoms with Crippen LogP contribution in [0, 0.1) is 7.14 Å². The Labute approximate surface area is 189 Å². The number of hydrogen-bond donors (Lipinski definition) is 1. The smallest absolute Gasteiger partial charge is 0.0658 e. The van der Waals surface area contributed by atoms with Gasteiger partial charge in [-0.1, -0.05) is 0 Å². The van der Waals surface area contributed by atoms with Gasteiger partial charge in [-0.3, -0.25) is 0 Å². The highest BCUT2D eigenvalue weighted by atomic mass is 127. The number of aryl methyl sites for hydroxylation is 1. The van der Waals surface area contributed by atoms with E-state index < -0.39 is 0 Å². The molecule has 0 saturated heterocycles. The molecule has 0 atom stereocenters. The molecule has 8 bridgehead atoms. The molecule has 2 aliphatic heterocycles. The van der Waals surface area contributed by atoms with Crippen LogP contribution in [0.25, 0.3) is 46.4 Å². The fourth-order valence-electron chi connectivity index (χ4n) is 3.52. The van der Waals surface area contributed by atoms with Gasteiger partial charge in [0.2, 0.25) is 0 Å². The number of hydrogen-bond acceptors (Lipinski definition) is 2. The molecule has 28 heavy (non-hydrogen) atoms. The molecule has 3 aromatic heterocycles. The van der Waals surface area contributed by atoms with E-state index in [-0.39, 0.29) is 0 Å². The van der Waals surface area contributed by atoms with Crippen LogP contribution in [0.1, 0.15) is 29.7 Å². The number of halogens is 2. The largest absolute Gasteiger partial charge is 0.355 e. The first-order chi connectivity index (χ1) is 13.6. The van der Waals surface area contributed by atoms with Gasteiger partial charge >= 0.3 is 0 Å². The molecule has 2 aliphatic rings. The summed E-state index contributed by atoms with van der Waals surface area (Å²) in [6.45, 7) is 3.07.